The summed E-state index contributed by atoms with van der Waals surface area (Å²) in [5.74, 6) is -0.517. The van der Waals surface area contributed by atoms with Gasteiger partial charge in [0, 0.05) is 19.2 Å². The lowest BCUT2D eigenvalue weighted by Crippen LogP contribution is -2.38. The Morgan fingerprint density at radius 3 is 2.67 bits per heavy atom. The van der Waals surface area contributed by atoms with Crippen LogP contribution < -0.4 is 10.6 Å². The molecule has 7 heteroatoms. The van der Waals surface area contributed by atoms with Crippen molar-refractivity contribution in [2.24, 2.45) is 11.8 Å². The van der Waals surface area contributed by atoms with Gasteiger partial charge in [-0.2, -0.15) is 0 Å². The molecule has 0 spiro atoms. The van der Waals surface area contributed by atoms with Gasteiger partial charge in [0.25, 0.3) is 0 Å². The van der Waals surface area contributed by atoms with Gasteiger partial charge in [-0.15, -0.1) is 0 Å². The minimum Gasteiger partial charge on any atom is -0.481 e. The largest absolute Gasteiger partial charge is 0.481 e. The van der Waals surface area contributed by atoms with Crippen molar-refractivity contribution in [3.63, 3.8) is 0 Å². The van der Waals surface area contributed by atoms with Crippen molar-refractivity contribution in [2.75, 3.05) is 6.54 Å². The van der Waals surface area contributed by atoms with Crippen LogP contribution in [0, 0.1) is 11.8 Å². The number of carboxylic acids is 1. The first-order valence-electron chi connectivity index (χ1n) is 6.95. The second-order valence-electron chi connectivity index (χ2n) is 5.36. The predicted molar refractivity (Wildman–Crippen MR) is 77.5 cm³/mol. The molecule has 3 N–H and O–H groups in total. The van der Waals surface area contributed by atoms with Crippen molar-refractivity contribution >= 4 is 12.0 Å². The van der Waals surface area contributed by atoms with Crippen LogP contribution in [0.5, 0.6) is 0 Å². The number of carbonyl (C=O) groups is 2. The number of carboxylic acid groups (broad SMARTS) is 1. The zero-order chi connectivity index (χ0) is 15.7. The summed E-state index contributed by atoms with van der Waals surface area (Å²) < 4.78 is 0. The van der Waals surface area contributed by atoms with Crippen molar-refractivity contribution in [2.45, 2.75) is 33.2 Å². The molecule has 0 saturated heterocycles. The van der Waals surface area contributed by atoms with Crippen molar-refractivity contribution in [3.05, 3.63) is 24.3 Å². The summed E-state index contributed by atoms with van der Waals surface area (Å²) in [6.07, 6.45) is 3.84. The quantitative estimate of drug-likeness (QED) is 0.672. The maximum absolute atomic E-state index is 11.7. The molecule has 2 amide bonds. The number of hydrogen-bond donors (Lipinski definition) is 3. The zero-order valence-electron chi connectivity index (χ0n) is 12.4. The molecule has 1 atom stereocenters. The number of hydrogen-bond acceptors (Lipinski definition) is 4. The Morgan fingerprint density at radius 1 is 1.33 bits per heavy atom. The SMILES string of the molecule is CC(C)C[C@H](CNC(=O)NCc1ccncn1)CC(=O)O. The van der Waals surface area contributed by atoms with Crippen LogP contribution in [0.4, 0.5) is 4.79 Å². The van der Waals surface area contributed by atoms with Gasteiger partial charge in [-0.05, 0) is 24.3 Å². The van der Waals surface area contributed by atoms with Crippen molar-refractivity contribution in [3.8, 4) is 0 Å². The first kappa shape index (κ1) is 16.9. The summed E-state index contributed by atoms with van der Waals surface area (Å²) >= 11 is 0. The van der Waals surface area contributed by atoms with Gasteiger partial charge in [0.1, 0.15) is 6.33 Å². The number of nitrogens with zero attached hydrogens (tertiary/aromatic N) is 2. The molecule has 1 heterocycles. The van der Waals surface area contributed by atoms with Crippen molar-refractivity contribution in [1.82, 2.24) is 20.6 Å². The number of rotatable bonds is 8. The monoisotopic (exact) mass is 294 g/mol. The van der Waals surface area contributed by atoms with E-state index >= 15 is 0 Å². The Labute approximate surface area is 124 Å². The Kier molecular flexibility index (Phi) is 7.14. The zero-order valence-corrected chi connectivity index (χ0v) is 12.4. The highest BCUT2D eigenvalue weighted by molar-refractivity contribution is 5.74. The Balaban J connectivity index is 2.33. The molecule has 0 unspecified atom stereocenters. The first-order valence-corrected chi connectivity index (χ1v) is 6.95. The third kappa shape index (κ3) is 7.86. The molecule has 0 aliphatic rings. The number of urea groups is 1. The number of amides is 2. The van der Waals surface area contributed by atoms with E-state index in [-0.39, 0.29) is 18.4 Å². The molecule has 0 aliphatic carbocycles. The average molecular weight is 294 g/mol. The lowest BCUT2D eigenvalue weighted by molar-refractivity contribution is -0.138. The molecule has 1 aromatic rings. The smallest absolute Gasteiger partial charge is 0.315 e. The number of aliphatic carboxylic acids is 1. The van der Waals surface area contributed by atoms with Gasteiger partial charge in [-0.1, -0.05) is 13.8 Å². The van der Waals surface area contributed by atoms with E-state index < -0.39 is 5.97 Å². The standard InChI is InChI=1S/C14H22N4O3/c1-10(2)5-11(6-13(19)20)7-16-14(21)17-8-12-3-4-15-9-18-12/h3-4,9-11H,5-8H2,1-2H3,(H,19,20)(H2,16,17,21)/t11-/m0/s1. The highest BCUT2D eigenvalue weighted by Gasteiger charge is 2.16. The molecule has 0 aromatic carbocycles. The lowest BCUT2D eigenvalue weighted by Gasteiger charge is -2.18. The second-order valence-corrected chi connectivity index (χ2v) is 5.36. The second kappa shape index (κ2) is 8.89. The van der Waals surface area contributed by atoms with Gasteiger partial charge in [-0.3, -0.25) is 4.79 Å². The first-order chi connectivity index (χ1) is 9.97. The van der Waals surface area contributed by atoms with Crippen LogP contribution in [0.15, 0.2) is 18.6 Å². The average Bonchev–Trinajstić information content (AvgIpc) is 2.42. The van der Waals surface area contributed by atoms with Crippen LogP contribution in [0.25, 0.3) is 0 Å². The van der Waals surface area contributed by atoms with Crippen molar-refractivity contribution in [1.29, 1.82) is 0 Å². The van der Waals surface area contributed by atoms with E-state index in [1.807, 2.05) is 13.8 Å². The van der Waals surface area contributed by atoms with E-state index in [1.54, 1.807) is 12.3 Å². The number of nitrogens with one attached hydrogen (secondary N) is 2. The molecule has 1 rings (SSSR count). The van der Waals surface area contributed by atoms with Crippen LogP contribution in [-0.4, -0.2) is 33.6 Å². The van der Waals surface area contributed by atoms with Gasteiger partial charge in [0.05, 0.1) is 12.2 Å². The third-order valence-electron chi connectivity index (χ3n) is 2.89. The summed E-state index contributed by atoms with van der Waals surface area (Å²) in [5, 5.41) is 14.3. The van der Waals surface area contributed by atoms with Gasteiger partial charge in [0.2, 0.25) is 0 Å². The summed E-state index contributed by atoms with van der Waals surface area (Å²) in [4.78, 5) is 30.3. The molecule has 7 nitrogen and oxygen atoms in total. The number of carbonyl (C=O) groups excluding carboxylic acids is 1. The predicted octanol–water partition coefficient (Wildman–Crippen LogP) is 1.41. The molecule has 0 saturated carbocycles. The van der Waals surface area contributed by atoms with E-state index in [0.29, 0.717) is 24.7 Å². The Morgan fingerprint density at radius 2 is 2.10 bits per heavy atom. The Bertz CT molecular complexity index is 451. The minimum atomic E-state index is -0.844. The fourth-order valence-electron chi connectivity index (χ4n) is 2.05. The molecular weight excluding hydrogens is 272 g/mol. The highest BCUT2D eigenvalue weighted by Crippen LogP contribution is 2.14. The van der Waals surface area contributed by atoms with Gasteiger partial charge in [0.15, 0.2) is 0 Å². The van der Waals surface area contributed by atoms with E-state index in [1.165, 1.54) is 6.33 Å². The normalized spacial score (nSPS) is 12.0. The van der Waals surface area contributed by atoms with E-state index in [4.69, 9.17) is 5.11 Å². The molecule has 0 radical (unpaired) electrons. The lowest BCUT2D eigenvalue weighted by atomic mass is 9.94. The molecule has 1 aromatic heterocycles. The van der Waals surface area contributed by atoms with Crippen LogP contribution in [-0.2, 0) is 11.3 Å². The summed E-state index contributed by atoms with van der Waals surface area (Å²) in [7, 11) is 0. The molecule has 0 aliphatic heterocycles. The van der Waals surface area contributed by atoms with Crippen LogP contribution in [0.2, 0.25) is 0 Å². The van der Waals surface area contributed by atoms with Gasteiger partial charge >= 0.3 is 12.0 Å². The molecular formula is C14H22N4O3. The highest BCUT2D eigenvalue weighted by atomic mass is 16.4. The van der Waals surface area contributed by atoms with Crippen LogP contribution >= 0.6 is 0 Å². The van der Waals surface area contributed by atoms with Crippen LogP contribution in [0.1, 0.15) is 32.4 Å². The van der Waals surface area contributed by atoms with E-state index in [9.17, 15) is 9.59 Å². The topological polar surface area (TPSA) is 104 Å². The van der Waals surface area contributed by atoms with Crippen LogP contribution in [0.3, 0.4) is 0 Å². The molecule has 116 valence electrons. The maximum atomic E-state index is 11.7. The van der Waals surface area contributed by atoms with E-state index in [2.05, 4.69) is 20.6 Å². The van der Waals surface area contributed by atoms with E-state index in [0.717, 1.165) is 6.42 Å². The van der Waals surface area contributed by atoms with Crippen molar-refractivity contribution < 1.29 is 14.7 Å². The Hall–Kier alpha value is -2.18. The maximum Gasteiger partial charge on any atom is 0.315 e. The summed E-state index contributed by atoms with van der Waals surface area (Å²) in [6, 6.07) is 1.39. The van der Waals surface area contributed by atoms with Gasteiger partial charge in [-0.25, -0.2) is 14.8 Å². The molecule has 0 bridgehead atoms. The number of aromatic nitrogens is 2. The van der Waals surface area contributed by atoms with Gasteiger partial charge < -0.3 is 15.7 Å². The summed E-state index contributed by atoms with van der Waals surface area (Å²) in [5.41, 5.74) is 0.712. The summed E-state index contributed by atoms with van der Waals surface area (Å²) in [6.45, 7) is 4.72. The molecule has 0 fully saturated rings. The third-order valence-corrected chi connectivity index (χ3v) is 2.89. The molecule has 21 heavy (non-hydrogen) atoms. The minimum absolute atomic E-state index is 0.0599. The fraction of sp³-hybridized carbons (Fsp3) is 0.571. The fourth-order valence-corrected chi connectivity index (χ4v) is 2.05.